The van der Waals surface area contributed by atoms with Crippen LogP contribution < -0.4 is 0 Å². The van der Waals surface area contributed by atoms with Crippen LogP contribution in [-0.4, -0.2) is 5.11 Å². The molecule has 0 saturated heterocycles. The fraction of sp³-hybridized carbons (Fsp3) is 0. The highest BCUT2D eigenvalue weighted by atomic mass is 127. The molecule has 0 spiro atoms. The van der Waals surface area contributed by atoms with Crippen molar-refractivity contribution in [2.75, 3.05) is 0 Å². The lowest BCUT2D eigenvalue weighted by Gasteiger charge is -2.01. The Labute approximate surface area is 89.1 Å². The van der Waals surface area contributed by atoms with Crippen molar-refractivity contribution in [3.63, 3.8) is 0 Å². The molecule has 0 aromatic heterocycles. The summed E-state index contributed by atoms with van der Waals surface area (Å²) in [6.45, 7) is 0. The molecular weight excluding hydrogens is 380 g/mol. The Bertz CT molecular complexity index is 275. The Balaban J connectivity index is 3.46. The van der Waals surface area contributed by atoms with Gasteiger partial charge in [-0.25, -0.2) is 8.78 Å². The van der Waals surface area contributed by atoms with Crippen LogP contribution in [0.5, 0.6) is 5.75 Å². The number of aromatic hydroxyl groups is 1. The van der Waals surface area contributed by atoms with Crippen molar-refractivity contribution in [2.45, 2.75) is 0 Å². The van der Waals surface area contributed by atoms with Gasteiger partial charge < -0.3 is 5.11 Å². The number of rotatable bonds is 0. The zero-order valence-corrected chi connectivity index (χ0v) is 9.35. The number of hydrogen-bond donors (Lipinski definition) is 1. The molecular formula is C6H2F2I2O. The van der Waals surface area contributed by atoms with E-state index in [0.717, 1.165) is 6.07 Å². The highest BCUT2D eigenvalue weighted by molar-refractivity contribution is 14.1. The van der Waals surface area contributed by atoms with Crippen molar-refractivity contribution in [1.82, 2.24) is 0 Å². The first kappa shape index (κ1) is 9.43. The fourth-order valence-corrected chi connectivity index (χ4v) is 2.16. The van der Waals surface area contributed by atoms with Gasteiger partial charge >= 0.3 is 0 Å². The molecule has 11 heavy (non-hydrogen) atoms. The molecule has 0 aliphatic rings. The van der Waals surface area contributed by atoms with Crippen LogP contribution in [0.3, 0.4) is 0 Å². The summed E-state index contributed by atoms with van der Waals surface area (Å²) in [6.07, 6.45) is 0. The van der Waals surface area contributed by atoms with Crippen molar-refractivity contribution in [3.05, 3.63) is 24.8 Å². The molecule has 0 saturated carbocycles. The minimum atomic E-state index is -0.997. The van der Waals surface area contributed by atoms with Gasteiger partial charge in [-0.2, -0.15) is 0 Å². The molecule has 0 atom stereocenters. The molecule has 0 unspecified atom stereocenters. The SMILES string of the molecule is Oc1c(I)cc(F)c(F)c1I. The first-order valence-corrected chi connectivity index (χ1v) is 4.71. The average molecular weight is 382 g/mol. The summed E-state index contributed by atoms with van der Waals surface area (Å²) in [5.41, 5.74) is 0. The zero-order valence-electron chi connectivity index (χ0n) is 5.04. The first-order valence-electron chi connectivity index (χ1n) is 2.56. The van der Waals surface area contributed by atoms with Gasteiger partial charge in [0.15, 0.2) is 11.6 Å². The Kier molecular flexibility index (Phi) is 2.90. The van der Waals surface area contributed by atoms with Crippen LogP contribution in [0.2, 0.25) is 0 Å². The molecule has 1 N–H and O–H groups in total. The van der Waals surface area contributed by atoms with Gasteiger partial charge in [-0.15, -0.1) is 0 Å². The van der Waals surface area contributed by atoms with Gasteiger partial charge in [-0.1, -0.05) is 0 Å². The van der Waals surface area contributed by atoms with Gasteiger partial charge in [-0.05, 0) is 51.2 Å². The minimum Gasteiger partial charge on any atom is -0.506 e. The van der Waals surface area contributed by atoms with E-state index >= 15 is 0 Å². The van der Waals surface area contributed by atoms with Crippen molar-refractivity contribution < 1.29 is 13.9 Å². The van der Waals surface area contributed by atoms with Crippen molar-refractivity contribution in [3.8, 4) is 5.75 Å². The molecule has 1 aromatic carbocycles. The lowest BCUT2D eigenvalue weighted by atomic mass is 10.3. The van der Waals surface area contributed by atoms with Crippen LogP contribution >= 0.6 is 45.2 Å². The molecule has 0 bridgehead atoms. The van der Waals surface area contributed by atoms with Gasteiger partial charge in [0.2, 0.25) is 0 Å². The zero-order chi connectivity index (χ0) is 8.59. The maximum atomic E-state index is 12.6. The topological polar surface area (TPSA) is 20.2 Å². The van der Waals surface area contributed by atoms with E-state index in [1.54, 1.807) is 45.2 Å². The second kappa shape index (κ2) is 3.38. The number of phenolic OH excluding ortho intramolecular Hbond substituents is 1. The van der Waals surface area contributed by atoms with Crippen molar-refractivity contribution in [1.29, 1.82) is 0 Å². The molecule has 0 aliphatic carbocycles. The molecule has 5 heteroatoms. The Morgan fingerprint density at radius 2 is 1.82 bits per heavy atom. The number of phenols is 1. The lowest BCUT2D eigenvalue weighted by Crippen LogP contribution is -1.91. The fourth-order valence-electron chi connectivity index (χ4n) is 0.557. The largest absolute Gasteiger partial charge is 0.506 e. The third-order valence-electron chi connectivity index (χ3n) is 1.09. The maximum absolute atomic E-state index is 12.6. The van der Waals surface area contributed by atoms with Crippen LogP contribution in [0.15, 0.2) is 6.07 Å². The highest BCUT2D eigenvalue weighted by Crippen LogP contribution is 2.29. The standard InChI is InChI=1S/C6H2F2I2O/c7-2-1-3(9)6(11)5(10)4(2)8/h1,11H. The van der Waals surface area contributed by atoms with E-state index in [9.17, 15) is 8.78 Å². The third kappa shape index (κ3) is 1.74. The molecule has 0 fully saturated rings. The van der Waals surface area contributed by atoms with Gasteiger partial charge in [-0.3, -0.25) is 0 Å². The summed E-state index contributed by atoms with van der Waals surface area (Å²) in [5, 5.41) is 9.09. The minimum absolute atomic E-state index is 0.0769. The van der Waals surface area contributed by atoms with Crippen LogP contribution in [0, 0.1) is 18.8 Å². The van der Waals surface area contributed by atoms with Gasteiger partial charge in [0.05, 0.1) is 7.14 Å². The Morgan fingerprint density at radius 3 is 2.36 bits per heavy atom. The second-order valence-corrected chi connectivity index (χ2v) is 4.06. The molecule has 0 radical (unpaired) electrons. The summed E-state index contributed by atoms with van der Waals surface area (Å²) < 4.78 is 25.4. The summed E-state index contributed by atoms with van der Waals surface area (Å²) in [5.74, 6) is -2.13. The van der Waals surface area contributed by atoms with E-state index < -0.39 is 11.6 Å². The molecule has 1 rings (SSSR count). The van der Waals surface area contributed by atoms with E-state index in [-0.39, 0.29) is 9.32 Å². The maximum Gasteiger partial charge on any atom is 0.175 e. The molecule has 0 heterocycles. The quantitative estimate of drug-likeness (QED) is 0.416. The summed E-state index contributed by atoms with van der Waals surface area (Å²) in [7, 11) is 0. The summed E-state index contributed by atoms with van der Waals surface area (Å²) in [6, 6.07) is 0.952. The van der Waals surface area contributed by atoms with E-state index in [1.807, 2.05) is 0 Å². The molecule has 0 amide bonds. The van der Waals surface area contributed by atoms with Crippen LogP contribution in [0.4, 0.5) is 8.78 Å². The average Bonchev–Trinajstić information content (AvgIpc) is 1.97. The van der Waals surface area contributed by atoms with Crippen molar-refractivity contribution >= 4 is 45.2 Å². The van der Waals surface area contributed by atoms with Gasteiger partial charge in [0, 0.05) is 0 Å². The van der Waals surface area contributed by atoms with Crippen LogP contribution in [0.25, 0.3) is 0 Å². The van der Waals surface area contributed by atoms with Gasteiger partial charge in [0.25, 0.3) is 0 Å². The number of benzene rings is 1. The van der Waals surface area contributed by atoms with E-state index in [2.05, 4.69) is 0 Å². The third-order valence-corrected chi connectivity index (χ3v) is 2.90. The second-order valence-electron chi connectivity index (χ2n) is 1.82. The predicted molar refractivity (Wildman–Crippen MR) is 53.5 cm³/mol. The highest BCUT2D eigenvalue weighted by Gasteiger charge is 2.13. The van der Waals surface area contributed by atoms with E-state index in [0.29, 0.717) is 3.57 Å². The van der Waals surface area contributed by atoms with Crippen LogP contribution in [-0.2, 0) is 0 Å². The molecule has 1 aromatic rings. The first-order chi connectivity index (χ1) is 5.04. The van der Waals surface area contributed by atoms with E-state index in [4.69, 9.17) is 5.11 Å². The van der Waals surface area contributed by atoms with Crippen molar-refractivity contribution in [2.24, 2.45) is 0 Å². The Morgan fingerprint density at radius 1 is 1.27 bits per heavy atom. The monoisotopic (exact) mass is 382 g/mol. The van der Waals surface area contributed by atoms with E-state index in [1.165, 1.54) is 0 Å². The smallest absolute Gasteiger partial charge is 0.175 e. The molecule has 60 valence electrons. The van der Waals surface area contributed by atoms with Gasteiger partial charge in [0.1, 0.15) is 5.75 Å². The number of halogens is 4. The number of hydrogen-bond acceptors (Lipinski definition) is 1. The Hall–Kier alpha value is 0.340. The lowest BCUT2D eigenvalue weighted by molar-refractivity contribution is 0.443. The van der Waals surface area contributed by atoms with Crippen LogP contribution in [0.1, 0.15) is 0 Å². The predicted octanol–water partition coefficient (Wildman–Crippen LogP) is 2.88. The normalized spacial score (nSPS) is 10.2. The summed E-state index contributed by atoms with van der Waals surface area (Å²) in [4.78, 5) is 0. The molecule has 1 nitrogen and oxygen atoms in total. The summed E-state index contributed by atoms with van der Waals surface area (Å²) >= 11 is 3.28. The molecule has 0 aliphatic heterocycles.